The molecule has 1 N–H and O–H groups in total. The highest BCUT2D eigenvalue weighted by Crippen LogP contribution is 2.24. The third-order valence-electron chi connectivity index (χ3n) is 2.90. The van der Waals surface area contributed by atoms with Gasteiger partial charge in [-0.2, -0.15) is 0 Å². The van der Waals surface area contributed by atoms with Gasteiger partial charge in [0.2, 0.25) is 0 Å². The second-order valence-corrected chi connectivity index (χ2v) is 4.56. The maximum Gasteiger partial charge on any atom is 0.129 e. The summed E-state index contributed by atoms with van der Waals surface area (Å²) in [4.78, 5) is 4.20. The molecule has 0 radical (unpaired) electrons. The topological polar surface area (TPSA) is 24.9 Å². The molecule has 2 nitrogen and oxygen atoms in total. The molecular weight excluding hydrogens is 270 g/mol. The van der Waals surface area contributed by atoms with Crippen molar-refractivity contribution in [2.75, 3.05) is 7.05 Å². The van der Waals surface area contributed by atoms with Crippen molar-refractivity contribution in [3.05, 3.63) is 64.4 Å². The highest BCUT2D eigenvalue weighted by molar-refractivity contribution is 6.31. The lowest BCUT2D eigenvalue weighted by Crippen LogP contribution is -2.21. The highest BCUT2D eigenvalue weighted by atomic mass is 35.5. The van der Waals surface area contributed by atoms with Crippen LogP contribution in [0.15, 0.2) is 36.5 Å². The zero-order chi connectivity index (χ0) is 13.8. The van der Waals surface area contributed by atoms with E-state index < -0.39 is 11.6 Å². The van der Waals surface area contributed by atoms with Gasteiger partial charge in [0, 0.05) is 12.3 Å². The first kappa shape index (κ1) is 13.9. The van der Waals surface area contributed by atoms with E-state index in [4.69, 9.17) is 11.6 Å². The molecule has 1 aromatic heterocycles. The van der Waals surface area contributed by atoms with Crippen LogP contribution in [0.1, 0.15) is 17.3 Å². The van der Waals surface area contributed by atoms with E-state index in [1.165, 1.54) is 12.1 Å². The van der Waals surface area contributed by atoms with Crippen LogP contribution in [0.2, 0.25) is 5.02 Å². The van der Waals surface area contributed by atoms with Crippen LogP contribution in [-0.4, -0.2) is 12.0 Å². The van der Waals surface area contributed by atoms with Crippen LogP contribution in [0.25, 0.3) is 0 Å². The molecule has 100 valence electrons. The van der Waals surface area contributed by atoms with Gasteiger partial charge in [0.05, 0.1) is 16.8 Å². The van der Waals surface area contributed by atoms with Crippen molar-refractivity contribution < 1.29 is 8.78 Å². The maximum absolute atomic E-state index is 13.6. The lowest BCUT2D eigenvalue weighted by molar-refractivity contribution is 0.534. The van der Waals surface area contributed by atoms with Crippen molar-refractivity contribution in [3.8, 4) is 0 Å². The lowest BCUT2D eigenvalue weighted by Gasteiger charge is -2.17. The van der Waals surface area contributed by atoms with Crippen LogP contribution in [0.3, 0.4) is 0 Å². The fraction of sp³-hybridized carbons (Fsp3) is 0.214. The molecule has 19 heavy (non-hydrogen) atoms. The molecule has 0 spiro atoms. The van der Waals surface area contributed by atoms with Gasteiger partial charge in [-0.3, -0.25) is 4.98 Å². The van der Waals surface area contributed by atoms with Crippen LogP contribution in [-0.2, 0) is 6.42 Å². The number of hydrogen-bond acceptors (Lipinski definition) is 2. The summed E-state index contributed by atoms with van der Waals surface area (Å²) in [5.41, 5.74) is 1.07. The van der Waals surface area contributed by atoms with Gasteiger partial charge >= 0.3 is 0 Å². The smallest absolute Gasteiger partial charge is 0.129 e. The standard InChI is InChI=1S/C14H13ClF2N2/c1-18-13(14-11(15)3-2-6-19-14)7-9-4-5-10(16)8-12(9)17/h2-6,8,13,18H,7H2,1H3. The van der Waals surface area contributed by atoms with Gasteiger partial charge in [0.1, 0.15) is 11.6 Å². The molecule has 1 heterocycles. The van der Waals surface area contributed by atoms with Crippen LogP contribution < -0.4 is 5.32 Å². The second kappa shape index (κ2) is 6.08. The fourth-order valence-corrected chi connectivity index (χ4v) is 2.15. The van der Waals surface area contributed by atoms with Crippen molar-refractivity contribution in [1.29, 1.82) is 0 Å². The number of benzene rings is 1. The summed E-state index contributed by atoms with van der Waals surface area (Å²) < 4.78 is 26.5. The average Bonchev–Trinajstić information content (AvgIpc) is 2.39. The Morgan fingerprint density at radius 3 is 2.74 bits per heavy atom. The van der Waals surface area contributed by atoms with E-state index in [0.717, 1.165) is 6.07 Å². The van der Waals surface area contributed by atoms with Crippen LogP contribution in [0, 0.1) is 11.6 Å². The number of halogens is 3. The Morgan fingerprint density at radius 1 is 1.32 bits per heavy atom. The van der Waals surface area contributed by atoms with Gasteiger partial charge in [-0.15, -0.1) is 0 Å². The zero-order valence-corrected chi connectivity index (χ0v) is 11.1. The Kier molecular flexibility index (Phi) is 4.45. The predicted octanol–water partition coefficient (Wildman–Crippen LogP) is 3.52. The van der Waals surface area contributed by atoms with Crippen molar-refractivity contribution in [1.82, 2.24) is 10.3 Å². The van der Waals surface area contributed by atoms with Crippen molar-refractivity contribution in [2.24, 2.45) is 0 Å². The zero-order valence-electron chi connectivity index (χ0n) is 10.3. The minimum absolute atomic E-state index is 0.228. The third kappa shape index (κ3) is 3.28. The number of hydrogen-bond donors (Lipinski definition) is 1. The predicted molar refractivity (Wildman–Crippen MR) is 71.1 cm³/mol. The van der Waals surface area contributed by atoms with Crippen LogP contribution in [0.5, 0.6) is 0 Å². The lowest BCUT2D eigenvalue weighted by atomic mass is 10.0. The van der Waals surface area contributed by atoms with E-state index in [2.05, 4.69) is 10.3 Å². The van der Waals surface area contributed by atoms with E-state index in [9.17, 15) is 8.78 Å². The molecule has 0 saturated carbocycles. The Labute approximate surface area is 115 Å². The molecule has 2 aromatic rings. The summed E-state index contributed by atoms with van der Waals surface area (Å²) in [6.07, 6.45) is 1.98. The van der Waals surface area contributed by atoms with Gasteiger partial charge < -0.3 is 5.32 Å². The first-order valence-corrected chi connectivity index (χ1v) is 6.21. The number of nitrogens with zero attached hydrogens (tertiary/aromatic N) is 1. The number of aromatic nitrogens is 1. The Bertz CT molecular complexity index is 575. The first-order valence-electron chi connectivity index (χ1n) is 5.83. The quantitative estimate of drug-likeness (QED) is 0.928. The minimum Gasteiger partial charge on any atom is -0.311 e. The van der Waals surface area contributed by atoms with E-state index in [0.29, 0.717) is 22.7 Å². The molecule has 0 aliphatic heterocycles. The van der Waals surface area contributed by atoms with Gasteiger partial charge in [-0.05, 0) is 37.2 Å². The number of pyridine rings is 1. The maximum atomic E-state index is 13.6. The first-order chi connectivity index (χ1) is 9.11. The molecule has 1 atom stereocenters. The van der Waals surface area contributed by atoms with Crippen molar-refractivity contribution in [2.45, 2.75) is 12.5 Å². The van der Waals surface area contributed by atoms with E-state index in [1.54, 1.807) is 25.4 Å². The van der Waals surface area contributed by atoms with Gasteiger partial charge in [0.15, 0.2) is 0 Å². The molecule has 0 saturated heterocycles. The Morgan fingerprint density at radius 2 is 2.11 bits per heavy atom. The Balaban J connectivity index is 2.27. The second-order valence-electron chi connectivity index (χ2n) is 4.15. The molecule has 2 rings (SSSR count). The molecule has 0 aliphatic rings. The molecule has 0 fully saturated rings. The summed E-state index contributed by atoms with van der Waals surface area (Å²) in [7, 11) is 1.75. The number of rotatable bonds is 4. The molecule has 0 aliphatic carbocycles. The molecular formula is C14H13ClF2N2. The van der Waals surface area contributed by atoms with Crippen LogP contribution in [0.4, 0.5) is 8.78 Å². The fourth-order valence-electron chi connectivity index (χ4n) is 1.90. The summed E-state index contributed by atoms with van der Waals surface area (Å²) in [6.45, 7) is 0. The SMILES string of the molecule is CNC(Cc1ccc(F)cc1F)c1ncccc1Cl. The summed E-state index contributed by atoms with van der Waals surface area (Å²) in [6, 6.07) is 6.79. The van der Waals surface area contributed by atoms with E-state index in [-0.39, 0.29) is 6.04 Å². The number of nitrogens with one attached hydrogen (secondary N) is 1. The minimum atomic E-state index is -0.585. The Hall–Kier alpha value is -1.52. The van der Waals surface area contributed by atoms with Crippen LogP contribution >= 0.6 is 11.6 Å². The van der Waals surface area contributed by atoms with E-state index in [1.807, 2.05) is 0 Å². The molecule has 0 bridgehead atoms. The highest BCUT2D eigenvalue weighted by Gasteiger charge is 2.16. The number of likely N-dealkylation sites (N-methyl/N-ethyl adjacent to an activating group) is 1. The summed E-state index contributed by atoms with van der Waals surface area (Å²) in [5, 5.41) is 3.56. The molecule has 1 aromatic carbocycles. The van der Waals surface area contributed by atoms with Crippen molar-refractivity contribution in [3.63, 3.8) is 0 Å². The summed E-state index contributed by atoms with van der Waals surface area (Å²) in [5.74, 6) is -1.15. The normalized spacial score (nSPS) is 12.4. The van der Waals surface area contributed by atoms with E-state index >= 15 is 0 Å². The molecule has 1 unspecified atom stereocenters. The van der Waals surface area contributed by atoms with Gasteiger partial charge in [-0.1, -0.05) is 17.7 Å². The summed E-state index contributed by atoms with van der Waals surface area (Å²) >= 11 is 6.07. The van der Waals surface area contributed by atoms with Crippen molar-refractivity contribution >= 4 is 11.6 Å². The van der Waals surface area contributed by atoms with Gasteiger partial charge in [0.25, 0.3) is 0 Å². The average molecular weight is 283 g/mol. The third-order valence-corrected chi connectivity index (χ3v) is 3.22. The molecule has 5 heteroatoms. The van der Waals surface area contributed by atoms with Gasteiger partial charge in [-0.25, -0.2) is 8.78 Å². The monoisotopic (exact) mass is 282 g/mol. The molecule has 0 amide bonds. The largest absolute Gasteiger partial charge is 0.311 e.